The van der Waals surface area contributed by atoms with Crippen LogP contribution in [0.1, 0.15) is 22.3 Å². The maximum absolute atomic E-state index is 11.1. The third kappa shape index (κ3) is 4.26. The molecule has 0 saturated heterocycles. The topological polar surface area (TPSA) is 99.4 Å². The van der Waals surface area contributed by atoms with Gasteiger partial charge < -0.3 is 29.9 Å². The van der Waals surface area contributed by atoms with E-state index in [1.807, 2.05) is 24.3 Å². The van der Waals surface area contributed by atoms with Gasteiger partial charge in [-0.25, -0.2) is 0 Å². The number of aryl methyl sites for hydroxylation is 4. The molecule has 6 heteroatoms. The third-order valence-corrected chi connectivity index (χ3v) is 6.83. The lowest BCUT2D eigenvalue weighted by Crippen LogP contribution is -2.05. The maximum Gasteiger partial charge on any atom is 0.127 e. The Kier molecular flexibility index (Phi) is 6.10. The normalized spacial score (nSPS) is 12.1. The third-order valence-electron chi connectivity index (χ3n) is 6.83. The van der Waals surface area contributed by atoms with Crippen molar-refractivity contribution in [2.45, 2.75) is 25.7 Å². The molecular weight excluding hydrogens is 456 g/mol. The van der Waals surface area contributed by atoms with Crippen molar-refractivity contribution >= 4 is 0 Å². The molecule has 0 aliphatic heterocycles. The number of ether oxygens (including phenoxy) is 2. The summed E-state index contributed by atoms with van der Waals surface area (Å²) in [5.74, 6) is 1.47. The second-order valence-corrected chi connectivity index (χ2v) is 9.06. The molecule has 4 aromatic rings. The Hall–Kier alpha value is -4.32. The highest BCUT2D eigenvalue weighted by Crippen LogP contribution is 2.48. The lowest BCUT2D eigenvalue weighted by atomic mass is 9.82. The molecule has 0 heterocycles. The summed E-state index contributed by atoms with van der Waals surface area (Å²) in [6.45, 7) is 0. The van der Waals surface area contributed by atoms with Gasteiger partial charge in [0.1, 0.15) is 34.5 Å². The largest absolute Gasteiger partial charge is 0.508 e. The molecule has 0 radical (unpaired) electrons. The highest BCUT2D eigenvalue weighted by molar-refractivity contribution is 5.88. The zero-order valence-corrected chi connectivity index (χ0v) is 20.2. The minimum atomic E-state index is -0.00880. The molecule has 6 nitrogen and oxygen atoms in total. The molecule has 4 aromatic carbocycles. The highest BCUT2D eigenvalue weighted by atomic mass is 16.5. The van der Waals surface area contributed by atoms with Crippen LogP contribution in [0, 0.1) is 0 Å². The Morgan fingerprint density at radius 2 is 1.33 bits per heavy atom. The van der Waals surface area contributed by atoms with Crippen LogP contribution in [0.15, 0.2) is 60.7 Å². The smallest absolute Gasteiger partial charge is 0.127 e. The molecule has 0 amide bonds. The van der Waals surface area contributed by atoms with Crippen LogP contribution < -0.4 is 9.47 Å². The summed E-state index contributed by atoms with van der Waals surface area (Å²) in [7, 11) is 3.11. The minimum Gasteiger partial charge on any atom is -0.508 e. The van der Waals surface area contributed by atoms with Crippen molar-refractivity contribution in [2.75, 3.05) is 14.2 Å². The van der Waals surface area contributed by atoms with Crippen molar-refractivity contribution in [3.8, 4) is 56.8 Å². The zero-order valence-electron chi connectivity index (χ0n) is 20.2. The SMILES string of the molecule is COc1cc(O)c(-c2cc3c(cc2O)CCc2cc(OC)cc(O)c2-3)c(CCc2cccc(O)c2)c1. The fourth-order valence-corrected chi connectivity index (χ4v) is 5.10. The molecule has 5 rings (SSSR count). The van der Waals surface area contributed by atoms with Crippen LogP contribution in [0.25, 0.3) is 22.3 Å². The van der Waals surface area contributed by atoms with Gasteiger partial charge in [-0.05, 0) is 89.9 Å². The van der Waals surface area contributed by atoms with Crippen LogP contribution in [0.2, 0.25) is 0 Å². The second-order valence-electron chi connectivity index (χ2n) is 9.06. The number of phenols is 4. The van der Waals surface area contributed by atoms with Gasteiger partial charge in [0.2, 0.25) is 0 Å². The first-order valence-electron chi connectivity index (χ1n) is 11.8. The van der Waals surface area contributed by atoms with E-state index in [0.29, 0.717) is 47.5 Å². The first-order chi connectivity index (χ1) is 17.4. The van der Waals surface area contributed by atoms with E-state index in [2.05, 4.69) is 0 Å². The van der Waals surface area contributed by atoms with Crippen LogP contribution in [0.3, 0.4) is 0 Å². The van der Waals surface area contributed by atoms with Crippen molar-refractivity contribution in [3.05, 3.63) is 82.9 Å². The summed E-state index contributed by atoms with van der Waals surface area (Å²) in [5, 5.41) is 42.8. The average Bonchev–Trinajstić information content (AvgIpc) is 2.86. The summed E-state index contributed by atoms with van der Waals surface area (Å²) in [5.41, 5.74) is 6.16. The number of hydrogen-bond donors (Lipinski definition) is 4. The van der Waals surface area contributed by atoms with Gasteiger partial charge in [-0.1, -0.05) is 12.1 Å². The molecule has 0 bridgehead atoms. The van der Waals surface area contributed by atoms with Crippen LogP contribution in [0.5, 0.6) is 34.5 Å². The van der Waals surface area contributed by atoms with Gasteiger partial charge >= 0.3 is 0 Å². The van der Waals surface area contributed by atoms with Gasteiger partial charge in [-0.15, -0.1) is 0 Å². The van der Waals surface area contributed by atoms with Crippen molar-refractivity contribution in [2.24, 2.45) is 0 Å². The molecule has 36 heavy (non-hydrogen) atoms. The Morgan fingerprint density at radius 1 is 0.639 bits per heavy atom. The summed E-state index contributed by atoms with van der Waals surface area (Å²) in [6, 6.07) is 17.5. The predicted molar refractivity (Wildman–Crippen MR) is 138 cm³/mol. The van der Waals surface area contributed by atoms with Crippen LogP contribution >= 0.6 is 0 Å². The molecule has 0 spiro atoms. The first kappa shape index (κ1) is 23.4. The molecule has 1 aliphatic carbocycles. The Labute approximate surface area is 209 Å². The van der Waals surface area contributed by atoms with E-state index in [1.165, 1.54) is 13.2 Å². The summed E-state index contributed by atoms with van der Waals surface area (Å²) in [4.78, 5) is 0. The number of benzene rings is 4. The van der Waals surface area contributed by atoms with E-state index < -0.39 is 0 Å². The number of methoxy groups -OCH3 is 2. The number of aromatic hydroxyl groups is 4. The zero-order chi connectivity index (χ0) is 25.4. The van der Waals surface area contributed by atoms with Gasteiger partial charge in [-0.2, -0.15) is 0 Å². The van der Waals surface area contributed by atoms with E-state index in [9.17, 15) is 20.4 Å². The molecule has 0 unspecified atom stereocenters. The number of hydrogen-bond acceptors (Lipinski definition) is 6. The maximum atomic E-state index is 11.1. The Bertz CT molecular complexity index is 1460. The standard InChI is InChI=1S/C30H28O6/c1-35-22-11-19(7-6-17-4-3-5-21(31)10-17)30(28(34)15-22)25-16-24-18(13-26(25)32)8-9-20-12-23(36-2)14-27(33)29(20)24/h3-5,10-16,31-34H,6-9H2,1-2H3. The van der Waals surface area contributed by atoms with Gasteiger partial charge in [0.15, 0.2) is 0 Å². The molecule has 184 valence electrons. The molecule has 4 N–H and O–H groups in total. The summed E-state index contributed by atoms with van der Waals surface area (Å²) < 4.78 is 10.7. The van der Waals surface area contributed by atoms with Gasteiger partial charge in [0.25, 0.3) is 0 Å². The van der Waals surface area contributed by atoms with Gasteiger partial charge in [0, 0.05) is 28.8 Å². The Morgan fingerprint density at radius 3 is 2.06 bits per heavy atom. The summed E-state index contributed by atoms with van der Waals surface area (Å²) >= 11 is 0. The quantitative estimate of drug-likeness (QED) is 0.278. The van der Waals surface area contributed by atoms with E-state index in [0.717, 1.165) is 34.2 Å². The average molecular weight is 485 g/mol. The molecular formula is C30H28O6. The van der Waals surface area contributed by atoms with Crippen LogP contribution in [-0.2, 0) is 25.7 Å². The molecule has 1 aliphatic rings. The van der Waals surface area contributed by atoms with Crippen LogP contribution in [0.4, 0.5) is 0 Å². The van der Waals surface area contributed by atoms with E-state index >= 15 is 0 Å². The molecule has 0 saturated carbocycles. The fourth-order valence-electron chi connectivity index (χ4n) is 5.10. The number of fused-ring (bicyclic) bond motifs is 3. The van der Waals surface area contributed by atoms with Crippen molar-refractivity contribution < 1.29 is 29.9 Å². The highest BCUT2D eigenvalue weighted by Gasteiger charge is 2.25. The van der Waals surface area contributed by atoms with E-state index in [-0.39, 0.29) is 23.0 Å². The molecule has 0 fully saturated rings. The number of rotatable bonds is 6. The Balaban J connectivity index is 1.64. The van der Waals surface area contributed by atoms with E-state index in [1.54, 1.807) is 37.4 Å². The molecule has 0 aromatic heterocycles. The van der Waals surface area contributed by atoms with Gasteiger partial charge in [-0.3, -0.25) is 0 Å². The monoisotopic (exact) mass is 484 g/mol. The number of phenolic OH excluding ortho intramolecular Hbond substituents is 4. The van der Waals surface area contributed by atoms with Crippen molar-refractivity contribution in [1.29, 1.82) is 0 Å². The molecule has 0 atom stereocenters. The minimum absolute atomic E-state index is 0.00880. The van der Waals surface area contributed by atoms with Gasteiger partial charge in [0.05, 0.1) is 14.2 Å². The lowest BCUT2D eigenvalue weighted by molar-refractivity contribution is 0.407. The second kappa shape index (κ2) is 9.38. The lowest BCUT2D eigenvalue weighted by Gasteiger charge is -2.24. The van der Waals surface area contributed by atoms with E-state index in [4.69, 9.17) is 9.47 Å². The summed E-state index contributed by atoms with van der Waals surface area (Å²) in [6.07, 6.45) is 2.58. The van der Waals surface area contributed by atoms with Crippen molar-refractivity contribution in [3.63, 3.8) is 0 Å². The fraction of sp³-hybridized carbons (Fsp3) is 0.200. The van der Waals surface area contributed by atoms with Crippen LogP contribution in [-0.4, -0.2) is 34.6 Å². The first-order valence-corrected chi connectivity index (χ1v) is 11.8. The van der Waals surface area contributed by atoms with Crippen molar-refractivity contribution in [1.82, 2.24) is 0 Å². The predicted octanol–water partition coefficient (Wildman–Crippen LogP) is 5.74.